The maximum absolute atomic E-state index is 11.6. The molecule has 19 heavy (non-hydrogen) atoms. The summed E-state index contributed by atoms with van der Waals surface area (Å²) in [5.41, 5.74) is -0.594. The highest BCUT2D eigenvalue weighted by molar-refractivity contribution is 5.75. The van der Waals surface area contributed by atoms with Crippen molar-refractivity contribution in [2.75, 3.05) is 0 Å². The van der Waals surface area contributed by atoms with Crippen LogP contribution in [0.5, 0.6) is 0 Å². The van der Waals surface area contributed by atoms with Crippen LogP contribution >= 0.6 is 0 Å². The molecule has 5 heteroatoms. The molecule has 0 saturated heterocycles. The monoisotopic (exact) mass is 263 g/mol. The van der Waals surface area contributed by atoms with Crippen LogP contribution in [0.3, 0.4) is 0 Å². The van der Waals surface area contributed by atoms with Crippen LogP contribution in [0.25, 0.3) is 0 Å². The predicted octanol–water partition coefficient (Wildman–Crippen LogP) is 2.58. The van der Waals surface area contributed by atoms with Crippen molar-refractivity contribution in [1.29, 1.82) is 0 Å². The highest BCUT2D eigenvalue weighted by Gasteiger charge is 2.42. The van der Waals surface area contributed by atoms with Gasteiger partial charge in [-0.05, 0) is 25.7 Å². The van der Waals surface area contributed by atoms with Gasteiger partial charge >= 0.3 is 5.97 Å². The topological polar surface area (TPSA) is 68.0 Å². The SMILES string of the molecule is O=C(O)C1(Cc2nncn2C2CCCC2)CCCC1. The second-order valence-electron chi connectivity index (χ2n) is 6.06. The molecule has 2 aliphatic carbocycles. The van der Waals surface area contributed by atoms with E-state index in [9.17, 15) is 9.90 Å². The van der Waals surface area contributed by atoms with Gasteiger partial charge in [-0.15, -0.1) is 10.2 Å². The van der Waals surface area contributed by atoms with Crippen LogP contribution in [0.2, 0.25) is 0 Å². The number of rotatable bonds is 4. The Hall–Kier alpha value is -1.39. The second kappa shape index (κ2) is 4.94. The number of carboxylic acids is 1. The largest absolute Gasteiger partial charge is 0.481 e. The average molecular weight is 263 g/mol. The first kappa shape index (κ1) is 12.6. The molecule has 104 valence electrons. The Labute approximate surface area is 113 Å². The first-order valence-electron chi connectivity index (χ1n) is 7.33. The summed E-state index contributed by atoms with van der Waals surface area (Å²) < 4.78 is 2.13. The van der Waals surface area contributed by atoms with Crippen molar-refractivity contribution in [3.63, 3.8) is 0 Å². The van der Waals surface area contributed by atoms with E-state index in [0.717, 1.165) is 31.5 Å². The first-order chi connectivity index (χ1) is 9.21. The van der Waals surface area contributed by atoms with Gasteiger partial charge in [-0.2, -0.15) is 0 Å². The van der Waals surface area contributed by atoms with Gasteiger partial charge in [0.2, 0.25) is 0 Å². The molecule has 3 rings (SSSR count). The van der Waals surface area contributed by atoms with Gasteiger partial charge in [0.15, 0.2) is 0 Å². The zero-order valence-corrected chi connectivity index (χ0v) is 11.2. The number of hydrogen-bond donors (Lipinski definition) is 1. The van der Waals surface area contributed by atoms with Crippen molar-refractivity contribution < 1.29 is 9.90 Å². The smallest absolute Gasteiger partial charge is 0.310 e. The summed E-state index contributed by atoms with van der Waals surface area (Å²) in [6, 6.07) is 0.484. The van der Waals surface area contributed by atoms with Gasteiger partial charge in [0.1, 0.15) is 12.2 Å². The van der Waals surface area contributed by atoms with E-state index in [1.165, 1.54) is 25.7 Å². The van der Waals surface area contributed by atoms with Crippen molar-refractivity contribution in [2.45, 2.75) is 63.8 Å². The van der Waals surface area contributed by atoms with Crippen LogP contribution in [-0.4, -0.2) is 25.8 Å². The summed E-state index contributed by atoms with van der Waals surface area (Å²) in [6.07, 6.45) is 10.8. The lowest BCUT2D eigenvalue weighted by atomic mass is 9.82. The Morgan fingerprint density at radius 2 is 2.00 bits per heavy atom. The molecule has 2 aliphatic rings. The molecule has 0 bridgehead atoms. The van der Waals surface area contributed by atoms with E-state index < -0.39 is 11.4 Å². The fraction of sp³-hybridized carbons (Fsp3) is 0.786. The zero-order chi connectivity index (χ0) is 13.3. The summed E-state index contributed by atoms with van der Waals surface area (Å²) in [5, 5.41) is 17.8. The Kier molecular flexibility index (Phi) is 3.29. The second-order valence-corrected chi connectivity index (χ2v) is 6.06. The van der Waals surface area contributed by atoms with Gasteiger partial charge in [-0.25, -0.2) is 0 Å². The van der Waals surface area contributed by atoms with E-state index >= 15 is 0 Å². The number of hydrogen-bond acceptors (Lipinski definition) is 3. The van der Waals surface area contributed by atoms with Crippen molar-refractivity contribution in [2.24, 2.45) is 5.41 Å². The molecule has 1 heterocycles. The highest BCUT2D eigenvalue weighted by atomic mass is 16.4. The highest BCUT2D eigenvalue weighted by Crippen LogP contribution is 2.41. The van der Waals surface area contributed by atoms with E-state index in [0.29, 0.717) is 12.5 Å². The summed E-state index contributed by atoms with van der Waals surface area (Å²) in [7, 11) is 0. The summed E-state index contributed by atoms with van der Waals surface area (Å²) >= 11 is 0. The molecule has 1 aromatic rings. The molecule has 0 unspecified atom stereocenters. The Morgan fingerprint density at radius 1 is 1.32 bits per heavy atom. The number of nitrogens with zero attached hydrogens (tertiary/aromatic N) is 3. The molecule has 1 N–H and O–H groups in total. The third-order valence-electron chi connectivity index (χ3n) is 4.88. The van der Waals surface area contributed by atoms with Crippen LogP contribution in [-0.2, 0) is 11.2 Å². The molecule has 1 aromatic heterocycles. The van der Waals surface area contributed by atoms with Gasteiger partial charge in [0.05, 0.1) is 5.41 Å². The molecule has 2 saturated carbocycles. The lowest BCUT2D eigenvalue weighted by Crippen LogP contribution is -2.31. The van der Waals surface area contributed by atoms with Crippen molar-refractivity contribution in [1.82, 2.24) is 14.8 Å². The van der Waals surface area contributed by atoms with E-state index in [4.69, 9.17) is 0 Å². The van der Waals surface area contributed by atoms with Gasteiger partial charge in [-0.1, -0.05) is 25.7 Å². The molecule has 0 aliphatic heterocycles. The fourth-order valence-corrected chi connectivity index (χ4v) is 3.70. The number of aliphatic carboxylic acids is 1. The number of aromatic nitrogens is 3. The minimum atomic E-state index is -0.661. The quantitative estimate of drug-likeness (QED) is 0.906. The van der Waals surface area contributed by atoms with Gasteiger partial charge in [0.25, 0.3) is 0 Å². The molecular formula is C14H21N3O2. The van der Waals surface area contributed by atoms with E-state index in [2.05, 4.69) is 14.8 Å². The zero-order valence-electron chi connectivity index (χ0n) is 11.2. The molecule has 0 spiro atoms. The minimum absolute atomic E-state index is 0.484. The standard InChI is InChI=1S/C14H21N3O2/c18-13(19)14(7-3-4-8-14)9-12-16-15-10-17(12)11-5-1-2-6-11/h10-11H,1-9H2,(H,18,19). The minimum Gasteiger partial charge on any atom is -0.481 e. The Balaban J connectivity index is 1.82. The number of carboxylic acid groups (broad SMARTS) is 1. The first-order valence-corrected chi connectivity index (χ1v) is 7.33. The predicted molar refractivity (Wildman–Crippen MR) is 69.8 cm³/mol. The van der Waals surface area contributed by atoms with Crippen LogP contribution in [0.15, 0.2) is 6.33 Å². The van der Waals surface area contributed by atoms with Crippen LogP contribution in [0.4, 0.5) is 0 Å². The molecule has 0 radical (unpaired) electrons. The normalized spacial score (nSPS) is 22.9. The van der Waals surface area contributed by atoms with E-state index in [-0.39, 0.29) is 0 Å². The Morgan fingerprint density at radius 3 is 2.63 bits per heavy atom. The third-order valence-corrected chi connectivity index (χ3v) is 4.88. The molecular weight excluding hydrogens is 242 g/mol. The third kappa shape index (κ3) is 2.26. The van der Waals surface area contributed by atoms with Gasteiger partial charge in [0, 0.05) is 12.5 Å². The van der Waals surface area contributed by atoms with Crippen LogP contribution in [0.1, 0.15) is 63.2 Å². The maximum Gasteiger partial charge on any atom is 0.310 e. The summed E-state index contributed by atoms with van der Waals surface area (Å²) in [5.74, 6) is 0.210. The lowest BCUT2D eigenvalue weighted by molar-refractivity contribution is -0.148. The van der Waals surface area contributed by atoms with Crippen LogP contribution < -0.4 is 0 Å². The average Bonchev–Trinajstić information content (AvgIpc) is 3.09. The Bertz CT molecular complexity index is 457. The molecule has 0 atom stereocenters. The summed E-state index contributed by atoms with van der Waals surface area (Å²) in [4.78, 5) is 11.6. The number of carbonyl (C=O) groups is 1. The van der Waals surface area contributed by atoms with Crippen LogP contribution in [0, 0.1) is 5.41 Å². The molecule has 2 fully saturated rings. The van der Waals surface area contributed by atoms with Crippen molar-refractivity contribution >= 4 is 5.97 Å². The summed E-state index contributed by atoms with van der Waals surface area (Å²) in [6.45, 7) is 0. The van der Waals surface area contributed by atoms with E-state index in [1.807, 2.05) is 0 Å². The van der Waals surface area contributed by atoms with Gasteiger partial charge in [-0.3, -0.25) is 4.79 Å². The molecule has 0 amide bonds. The van der Waals surface area contributed by atoms with Crippen molar-refractivity contribution in [3.8, 4) is 0 Å². The van der Waals surface area contributed by atoms with Gasteiger partial charge < -0.3 is 9.67 Å². The fourth-order valence-electron chi connectivity index (χ4n) is 3.70. The maximum atomic E-state index is 11.6. The van der Waals surface area contributed by atoms with Crippen molar-refractivity contribution in [3.05, 3.63) is 12.2 Å². The van der Waals surface area contributed by atoms with E-state index in [1.54, 1.807) is 6.33 Å². The lowest BCUT2D eigenvalue weighted by Gasteiger charge is -2.24. The molecule has 5 nitrogen and oxygen atoms in total. The molecule has 0 aromatic carbocycles.